The largest absolute Gasteiger partial charge is 0.343 e. The Kier molecular flexibility index (Phi) is 4.57. The van der Waals surface area contributed by atoms with Crippen LogP contribution in [0.25, 0.3) is 11.4 Å². The lowest BCUT2D eigenvalue weighted by atomic mass is 10.3. The molecule has 3 aromatic rings. The molecule has 0 bridgehead atoms. The molecule has 1 aliphatic rings. The molecule has 0 unspecified atom stereocenters. The maximum atomic E-state index is 12.3. The number of hydrogen-bond acceptors (Lipinski definition) is 7. The van der Waals surface area contributed by atoms with Crippen molar-refractivity contribution in [3.8, 4) is 11.4 Å². The number of anilines is 2. The number of nitrogens with one attached hydrogen (secondary N) is 1. The molecule has 1 saturated heterocycles. The number of carbonyl (C=O) groups excluding carboxylic acids is 1. The van der Waals surface area contributed by atoms with Gasteiger partial charge in [0.05, 0.1) is 11.9 Å². The van der Waals surface area contributed by atoms with E-state index >= 15 is 0 Å². The van der Waals surface area contributed by atoms with E-state index in [-0.39, 0.29) is 6.03 Å². The Balaban J connectivity index is 1.34. The second kappa shape index (κ2) is 7.16. The van der Waals surface area contributed by atoms with Crippen molar-refractivity contribution >= 4 is 39.7 Å². The first-order valence-electron chi connectivity index (χ1n) is 7.87. The summed E-state index contributed by atoms with van der Waals surface area (Å²) >= 11 is 3.05. The van der Waals surface area contributed by atoms with E-state index in [2.05, 4.69) is 24.6 Å². The number of amides is 2. The van der Waals surface area contributed by atoms with Gasteiger partial charge in [-0.3, -0.25) is 4.98 Å². The van der Waals surface area contributed by atoms with Gasteiger partial charge in [0.15, 0.2) is 5.82 Å². The number of thiophene rings is 1. The first kappa shape index (κ1) is 16.0. The summed E-state index contributed by atoms with van der Waals surface area (Å²) in [5.74, 6) is 0.776. The Morgan fingerprint density at radius 3 is 2.80 bits per heavy atom. The van der Waals surface area contributed by atoms with Gasteiger partial charge in [-0.15, -0.1) is 0 Å². The smallest absolute Gasteiger partial charge is 0.322 e. The zero-order valence-electron chi connectivity index (χ0n) is 13.3. The molecule has 1 fully saturated rings. The van der Waals surface area contributed by atoms with Gasteiger partial charge in [0.25, 0.3) is 0 Å². The number of aromatic nitrogens is 3. The van der Waals surface area contributed by atoms with Gasteiger partial charge in [-0.2, -0.15) is 20.7 Å². The SMILES string of the molecule is O=C(Nc1cccnc1)N1CCN(c2nc(-c3ccsc3)ns2)CC1. The van der Waals surface area contributed by atoms with E-state index in [0.717, 1.165) is 29.6 Å². The zero-order chi connectivity index (χ0) is 17.1. The fourth-order valence-corrected chi connectivity index (χ4v) is 3.97. The molecule has 0 spiro atoms. The molecule has 9 heteroatoms. The Hall–Kier alpha value is -2.52. The van der Waals surface area contributed by atoms with Gasteiger partial charge in [0.2, 0.25) is 5.13 Å². The van der Waals surface area contributed by atoms with E-state index in [9.17, 15) is 4.79 Å². The van der Waals surface area contributed by atoms with Crippen LogP contribution in [0.1, 0.15) is 0 Å². The van der Waals surface area contributed by atoms with Gasteiger partial charge >= 0.3 is 6.03 Å². The van der Waals surface area contributed by atoms with Crippen molar-refractivity contribution in [3.05, 3.63) is 41.4 Å². The summed E-state index contributed by atoms with van der Waals surface area (Å²) in [5, 5.41) is 7.85. The predicted octanol–water partition coefficient (Wildman–Crippen LogP) is 3.02. The summed E-state index contributed by atoms with van der Waals surface area (Å²) in [6.07, 6.45) is 3.32. The first-order valence-corrected chi connectivity index (χ1v) is 9.58. The van der Waals surface area contributed by atoms with Crippen LogP contribution in [-0.4, -0.2) is 51.5 Å². The molecule has 1 aliphatic heterocycles. The molecule has 1 N–H and O–H groups in total. The Morgan fingerprint density at radius 1 is 1.20 bits per heavy atom. The van der Waals surface area contributed by atoms with Crippen LogP contribution in [0.5, 0.6) is 0 Å². The summed E-state index contributed by atoms with van der Waals surface area (Å²) in [7, 11) is 0. The molecule has 0 saturated carbocycles. The Labute approximate surface area is 153 Å². The summed E-state index contributed by atoms with van der Waals surface area (Å²) in [5.41, 5.74) is 1.77. The molecule has 128 valence electrons. The summed E-state index contributed by atoms with van der Waals surface area (Å²) in [6.45, 7) is 2.80. The predicted molar refractivity (Wildman–Crippen MR) is 100 cm³/mol. The lowest BCUT2D eigenvalue weighted by Gasteiger charge is -2.34. The van der Waals surface area contributed by atoms with Gasteiger partial charge in [-0.1, -0.05) is 0 Å². The van der Waals surface area contributed by atoms with Crippen molar-refractivity contribution in [3.63, 3.8) is 0 Å². The van der Waals surface area contributed by atoms with Gasteiger partial charge in [0.1, 0.15) is 0 Å². The standard InChI is InChI=1S/C16H16N6OS2/c23-15(18-13-2-1-4-17-10-13)21-5-7-22(8-6-21)16-19-14(20-25-16)12-3-9-24-11-12/h1-4,9-11H,5-8H2,(H,18,23). The van der Waals surface area contributed by atoms with Crippen LogP contribution in [0.4, 0.5) is 15.6 Å². The molecule has 25 heavy (non-hydrogen) atoms. The summed E-state index contributed by atoms with van der Waals surface area (Å²) in [4.78, 5) is 24.9. The minimum atomic E-state index is -0.0936. The number of rotatable bonds is 3. The monoisotopic (exact) mass is 372 g/mol. The molecule has 0 aromatic carbocycles. The van der Waals surface area contributed by atoms with Crippen molar-refractivity contribution < 1.29 is 4.79 Å². The fraction of sp³-hybridized carbons (Fsp3) is 0.250. The quantitative estimate of drug-likeness (QED) is 0.765. The van der Waals surface area contributed by atoms with E-state index in [0.29, 0.717) is 18.8 Å². The van der Waals surface area contributed by atoms with Crippen LogP contribution in [0, 0.1) is 0 Å². The number of nitrogens with zero attached hydrogens (tertiary/aromatic N) is 5. The van der Waals surface area contributed by atoms with Crippen molar-refractivity contribution in [2.75, 3.05) is 36.4 Å². The Bertz CT molecular complexity index is 827. The van der Waals surface area contributed by atoms with Crippen molar-refractivity contribution in [2.24, 2.45) is 0 Å². The van der Waals surface area contributed by atoms with E-state index in [4.69, 9.17) is 0 Å². The summed E-state index contributed by atoms with van der Waals surface area (Å²) in [6, 6.07) is 5.56. The number of piperazine rings is 1. The van der Waals surface area contributed by atoms with E-state index in [1.807, 2.05) is 27.8 Å². The van der Waals surface area contributed by atoms with Crippen molar-refractivity contribution in [1.29, 1.82) is 0 Å². The normalized spacial score (nSPS) is 14.6. The lowest BCUT2D eigenvalue weighted by Crippen LogP contribution is -2.50. The van der Waals surface area contributed by atoms with E-state index in [1.165, 1.54) is 11.5 Å². The van der Waals surface area contributed by atoms with Gasteiger partial charge in [0, 0.05) is 54.9 Å². The molecule has 3 aromatic heterocycles. The number of carbonyl (C=O) groups is 1. The van der Waals surface area contributed by atoms with Crippen LogP contribution in [0.3, 0.4) is 0 Å². The zero-order valence-corrected chi connectivity index (χ0v) is 15.0. The third kappa shape index (κ3) is 3.62. The topological polar surface area (TPSA) is 74.2 Å². The molecule has 0 radical (unpaired) electrons. The van der Waals surface area contributed by atoms with Crippen LogP contribution in [0.2, 0.25) is 0 Å². The van der Waals surface area contributed by atoms with Crippen LogP contribution >= 0.6 is 22.9 Å². The third-order valence-electron chi connectivity index (χ3n) is 3.94. The maximum absolute atomic E-state index is 12.3. The highest BCUT2D eigenvalue weighted by atomic mass is 32.1. The van der Waals surface area contributed by atoms with Gasteiger partial charge in [-0.05, 0) is 23.6 Å². The highest BCUT2D eigenvalue weighted by Crippen LogP contribution is 2.26. The molecular formula is C16H16N6OS2. The second-order valence-corrected chi connectivity index (χ2v) is 7.07. The average Bonchev–Trinajstić information content (AvgIpc) is 3.34. The number of urea groups is 1. The number of pyridine rings is 1. The molecule has 2 amide bonds. The molecule has 0 aliphatic carbocycles. The molecule has 4 heterocycles. The van der Waals surface area contributed by atoms with Crippen molar-refractivity contribution in [1.82, 2.24) is 19.2 Å². The Morgan fingerprint density at radius 2 is 2.08 bits per heavy atom. The molecular weight excluding hydrogens is 356 g/mol. The van der Waals surface area contributed by atoms with Crippen LogP contribution < -0.4 is 10.2 Å². The maximum Gasteiger partial charge on any atom is 0.322 e. The summed E-state index contributed by atoms with van der Waals surface area (Å²) < 4.78 is 4.44. The minimum absolute atomic E-state index is 0.0936. The molecule has 4 rings (SSSR count). The lowest BCUT2D eigenvalue weighted by molar-refractivity contribution is 0.208. The molecule has 0 atom stereocenters. The van der Waals surface area contributed by atoms with Gasteiger partial charge in [-0.25, -0.2) is 4.79 Å². The highest BCUT2D eigenvalue weighted by molar-refractivity contribution is 7.10. The van der Waals surface area contributed by atoms with Gasteiger partial charge < -0.3 is 15.1 Å². The average molecular weight is 372 g/mol. The van der Waals surface area contributed by atoms with E-state index < -0.39 is 0 Å². The number of hydrogen-bond donors (Lipinski definition) is 1. The van der Waals surface area contributed by atoms with Crippen LogP contribution in [-0.2, 0) is 0 Å². The third-order valence-corrected chi connectivity index (χ3v) is 5.41. The van der Waals surface area contributed by atoms with Crippen molar-refractivity contribution in [2.45, 2.75) is 0 Å². The fourth-order valence-electron chi connectivity index (χ4n) is 2.59. The second-order valence-electron chi connectivity index (χ2n) is 5.56. The van der Waals surface area contributed by atoms with E-state index in [1.54, 1.807) is 29.8 Å². The van der Waals surface area contributed by atoms with Crippen LogP contribution in [0.15, 0.2) is 41.4 Å². The molecule has 7 nitrogen and oxygen atoms in total. The highest BCUT2D eigenvalue weighted by Gasteiger charge is 2.23. The first-order chi connectivity index (χ1) is 12.3. The minimum Gasteiger partial charge on any atom is -0.343 e.